The minimum Gasteiger partial charge on any atom is -0.451 e. The van der Waals surface area contributed by atoms with E-state index in [0.29, 0.717) is 24.4 Å². The molecule has 0 atom stereocenters. The van der Waals surface area contributed by atoms with Crippen LogP contribution in [-0.4, -0.2) is 22.3 Å². The van der Waals surface area contributed by atoms with E-state index in [1.165, 1.54) is 17.7 Å². The maximum Gasteiger partial charge on any atom is 0.289 e. The van der Waals surface area contributed by atoms with Crippen molar-refractivity contribution >= 4 is 11.6 Å². The SMILES string of the molecule is O=C(c1ccc(-c2cccc([N+](=O)[O-])c2)o1)N1CCc2ccccc2C1. The Morgan fingerprint density at radius 2 is 1.85 bits per heavy atom. The van der Waals surface area contributed by atoms with E-state index in [0.717, 1.165) is 12.0 Å². The van der Waals surface area contributed by atoms with Crippen molar-refractivity contribution in [3.05, 3.63) is 87.7 Å². The van der Waals surface area contributed by atoms with Crippen LogP contribution in [0.5, 0.6) is 0 Å². The maximum absolute atomic E-state index is 12.8. The molecule has 0 saturated carbocycles. The van der Waals surface area contributed by atoms with E-state index in [9.17, 15) is 14.9 Å². The fourth-order valence-electron chi connectivity index (χ4n) is 3.21. The zero-order valence-corrected chi connectivity index (χ0v) is 13.9. The normalized spacial score (nSPS) is 13.3. The van der Waals surface area contributed by atoms with Crippen LogP contribution >= 0.6 is 0 Å². The summed E-state index contributed by atoms with van der Waals surface area (Å²) in [6.07, 6.45) is 0.820. The third-order valence-corrected chi connectivity index (χ3v) is 4.58. The molecule has 26 heavy (non-hydrogen) atoms. The molecule has 0 spiro atoms. The average Bonchev–Trinajstić information content (AvgIpc) is 3.17. The Labute approximate surface area is 149 Å². The number of hydrogen-bond donors (Lipinski definition) is 0. The Bertz CT molecular complexity index is 993. The lowest BCUT2D eigenvalue weighted by Crippen LogP contribution is -2.35. The van der Waals surface area contributed by atoms with Crippen LogP contribution in [0, 0.1) is 10.1 Å². The van der Waals surface area contributed by atoms with Gasteiger partial charge in [-0.25, -0.2) is 0 Å². The van der Waals surface area contributed by atoms with Gasteiger partial charge in [-0.05, 0) is 29.7 Å². The monoisotopic (exact) mass is 348 g/mol. The number of benzene rings is 2. The van der Waals surface area contributed by atoms with E-state index < -0.39 is 4.92 Å². The predicted octanol–water partition coefficient (Wildman–Crippen LogP) is 4.05. The molecule has 0 unspecified atom stereocenters. The number of rotatable bonds is 3. The van der Waals surface area contributed by atoms with Gasteiger partial charge in [0, 0.05) is 30.8 Å². The molecule has 6 heteroatoms. The number of nitro groups is 1. The van der Waals surface area contributed by atoms with Crippen LogP contribution in [0.15, 0.2) is 65.1 Å². The fourth-order valence-corrected chi connectivity index (χ4v) is 3.21. The van der Waals surface area contributed by atoms with Gasteiger partial charge in [-0.15, -0.1) is 0 Å². The molecule has 1 aliphatic rings. The third kappa shape index (κ3) is 2.97. The molecular weight excluding hydrogens is 332 g/mol. The van der Waals surface area contributed by atoms with Gasteiger partial charge in [0.1, 0.15) is 5.76 Å². The summed E-state index contributed by atoms with van der Waals surface area (Å²) in [6.45, 7) is 1.20. The molecule has 1 aromatic heterocycles. The van der Waals surface area contributed by atoms with Crippen molar-refractivity contribution in [1.82, 2.24) is 4.90 Å². The van der Waals surface area contributed by atoms with Gasteiger partial charge in [-0.3, -0.25) is 14.9 Å². The lowest BCUT2D eigenvalue weighted by atomic mass is 10.00. The van der Waals surface area contributed by atoms with Gasteiger partial charge >= 0.3 is 0 Å². The number of furan rings is 1. The smallest absolute Gasteiger partial charge is 0.289 e. The van der Waals surface area contributed by atoms with Crippen LogP contribution in [0.1, 0.15) is 21.7 Å². The molecule has 0 N–H and O–H groups in total. The highest BCUT2D eigenvalue weighted by Crippen LogP contribution is 2.27. The second kappa shape index (κ2) is 6.48. The first-order valence-corrected chi connectivity index (χ1v) is 8.32. The predicted molar refractivity (Wildman–Crippen MR) is 95.7 cm³/mol. The number of nitrogens with zero attached hydrogens (tertiary/aromatic N) is 2. The highest BCUT2D eigenvalue weighted by Gasteiger charge is 2.24. The summed E-state index contributed by atoms with van der Waals surface area (Å²) in [5.41, 5.74) is 2.98. The highest BCUT2D eigenvalue weighted by atomic mass is 16.6. The molecule has 0 bridgehead atoms. The van der Waals surface area contributed by atoms with Crippen LogP contribution < -0.4 is 0 Å². The van der Waals surface area contributed by atoms with Crippen molar-refractivity contribution in [3.8, 4) is 11.3 Å². The maximum atomic E-state index is 12.8. The number of carbonyl (C=O) groups excluding carboxylic acids is 1. The van der Waals surface area contributed by atoms with E-state index >= 15 is 0 Å². The van der Waals surface area contributed by atoms with Gasteiger partial charge in [0.2, 0.25) is 0 Å². The Balaban J connectivity index is 1.56. The molecule has 6 nitrogen and oxygen atoms in total. The number of carbonyl (C=O) groups is 1. The first kappa shape index (κ1) is 16.1. The van der Waals surface area contributed by atoms with Crippen molar-refractivity contribution in [2.45, 2.75) is 13.0 Å². The first-order valence-electron chi connectivity index (χ1n) is 8.32. The quantitative estimate of drug-likeness (QED) is 0.528. The van der Waals surface area contributed by atoms with Crippen LogP contribution in [0.25, 0.3) is 11.3 Å². The van der Waals surface area contributed by atoms with Crippen LogP contribution in [-0.2, 0) is 13.0 Å². The van der Waals surface area contributed by atoms with Crippen molar-refractivity contribution in [2.75, 3.05) is 6.54 Å². The minimum atomic E-state index is -0.455. The molecule has 0 saturated heterocycles. The lowest BCUT2D eigenvalue weighted by Gasteiger charge is -2.28. The molecule has 1 aliphatic heterocycles. The van der Waals surface area contributed by atoms with E-state index in [1.807, 2.05) is 18.2 Å². The Hall–Kier alpha value is -3.41. The molecular formula is C20H16N2O4. The summed E-state index contributed by atoms with van der Waals surface area (Å²) >= 11 is 0. The molecule has 0 radical (unpaired) electrons. The van der Waals surface area contributed by atoms with Gasteiger partial charge in [0.15, 0.2) is 5.76 Å². The summed E-state index contributed by atoms with van der Waals surface area (Å²) in [5, 5.41) is 10.9. The highest BCUT2D eigenvalue weighted by molar-refractivity contribution is 5.92. The minimum absolute atomic E-state index is 0.0144. The van der Waals surface area contributed by atoms with E-state index in [1.54, 1.807) is 29.2 Å². The summed E-state index contributed by atoms with van der Waals surface area (Å²) in [4.78, 5) is 25.0. The summed E-state index contributed by atoms with van der Waals surface area (Å²) in [5.74, 6) is 0.511. The van der Waals surface area contributed by atoms with Crippen molar-refractivity contribution in [3.63, 3.8) is 0 Å². The van der Waals surface area contributed by atoms with Gasteiger partial charge < -0.3 is 9.32 Å². The molecule has 2 heterocycles. The standard InChI is InChI=1S/C20H16N2O4/c23-20(21-11-10-14-4-1-2-5-16(14)13-21)19-9-8-18(26-19)15-6-3-7-17(12-15)22(24)25/h1-9,12H,10-11,13H2. The fraction of sp³-hybridized carbons (Fsp3) is 0.150. The summed E-state index contributed by atoms with van der Waals surface area (Å²) < 4.78 is 5.69. The molecule has 0 fully saturated rings. The van der Waals surface area contributed by atoms with Gasteiger partial charge in [0.25, 0.3) is 11.6 Å². The van der Waals surface area contributed by atoms with Crippen molar-refractivity contribution in [1.29, 1.82) is 0 Å². The molecule has 2 aromatic carbocycles. The molecule has 3 aromatic rings. The second-order valence-electron chi connectivity index (χ2n) is 6.22. The third-order valence-electron chi connectivity index (χ3n) is 4.58. The Morgan fingerprint density at radius 1 is 1.04 bits per heavy atom. The van der Waals surface area contributed by atoms with E-state index in [4.69, 9.17) is 4.42 Å². The molecule has 130 valence electrons. The summed E-state index contributed by atoms with van der Waals surface area (Å²) in [7, 11) is 0. The second-order valence-corrected chi connectivity index (χ2v) is 6.22. The van der Waals surface area contributed by atoms with Gasteiger partial charge in [0.05, 0.1) is 4.92 Å². The van der Waals surface area contributed by atoms with E-state index in [-0.39, 0.29) is 17.4 Å². The summed E-state index contributed by atoms with van der Waals surface area (Å²) in [6, 6.07) is 17.6. The topological polar surface area (TPSA) is 76.6 Å². The Kier molecular flexibility index (Phi) is 4.01. The molecule has 4 rings (SSSR count). The Morgan fingerprint density at radius 3 is 2.65 bits per heavy atom. The van der Waals surface area contributed by atoms with Gasteiger partial charge in [-0.2, -0.15) is 0 Å². The van der Waals surface area contributed by atoms with Gasteiger partial charge in [-0.1, -0.05) is 36.4 Å². The number of fused-ring (bicyclic) bond motifs is 1. The first-order chi connectivity index (χ1) is 12.6. The van der Waals surface area contributed by atoms with E-state index in [2.05, 4.69) is 6.07 Å². The molecule has 1 amide bonds. The van der Waals surface area contributed by atoms with Crippen molar-refractivity contribution < 1.29 is 14.1 Å². The molecule has 0 aliphatic carbocycles. The lowest BCUT2D eigenvalue weighted by molar-refractivity contribution is -0.384. The largest absolute Gasteiger partial charge is 0.451 e. The van der Waals surface area contributed by atoms with Crippen LogP contribution in [0.2, 0.25) is 0 Å². The number of nitro benzene ring substituents is 1. The number of amides is 1. The zero-order chi connectivity index (χ0) is 18.1. The van der Waals surface area contributed by atoms with Crippen molar-refractivity contribution in [2.24, 2.45) is 0 Å². The zero-order valence-electron chi connectivity index (χ0n) is 13.9. The van der Waals surface area contributed by atoms with Crippen LogP contribution in [0.3, 0.4) is 0 Å². The number of hydrogen-bond acceptors (Lipinski definition) is 4. The number of non-ortho nitro benzene ring substituents is 1. The average molecular weight is 348 g/mol. The van der Waals surface area contributed by atoms with Crippen LogP contribution in [0.4, 0.5) is 5.69 Å².